The summed E-state index contributed by atoms with van der Waals surface area (Å²) in [6, 6.07) is 15.0. The highest BCUT2D eigenvalue weighted by molar-refractivity contribution is 7.85. The monoisotopic (exact) mass is 428 g/mol. The topological polar surface area (TPSA) is 72.8 Å². The van der Waals surface area contributed by atoms with Gasteiger partial charge in [-0.2, -0.15) is 8.42 Å². The summed E-state index contributed by atoms with van der Waals surface area (Å²) < 4.78 is 59.8. The highest BCUT2D eigenvalue weighted by atomic mass is 32.2. The molecule has 0 fully saturated rings. The average molecular weight is 428 g/mol. The van der Waals surface area contributed by atoms with Crippen LogP contribution in [0.15, 0.2) is 59.5 Å². The van der Waals surface area contributed by atoms with E-state index in [2.05, 4.69) is 0 Å². The Balaban J connectivity index is 1.73. The predicted molar refractivity (Wildman–Crippen MR) is 111 cm³/mol. The van der Waals surface area contributed by atoms with Crippen molar-refractivity contribution in [3.8, 4) is 22.6 Å². The summed E-state index contributed by atoms with van der Waals surface area (Å²) in [6.07, 6.45) is -0.371. The fourth-order valence-electron chi connectivity index (χ4n) is 3.72. The molecule has 3 aromatic carbocycles. The number of rotatable bonds is 4. The van der Waals surface area contributed by atoms with Gasteiger partial charge in [0.25, 0.3) is 10.1 Å². The van der Waals surface area contributed by atoms with Gasteiger partial charge < -0.3 is 9.47 Å². The maximum Gasteiger partial charge on any atom is 0.294 e. The quantitative estimate of drug-likeness (QED) is 0.608. The Morgan fingerprint density at radius 2 is 1.87 bits per heavy atom. The molecule has 1 heterocycles. The molecule has 1 aliphatic heterocycles. The fraction of sp³-hybridized carbons (Fsp3) is 0.217. The number of fused-ring (bicyclic) bond motifs is 1. The Labute approximate surface area is 174 Å². The minimum absolute atomic E-state index is 0.166. The molecular formula is C23H21FO5S. The zero-order chi connectivity index (χ0) is 21.5. The lowest BCUT2D eigenvalue weighted by Gasteiger charge is -2.29. The molecule has 7 heteroatoms. The standard InChI is InChI=1S/C23H21FO5S/c1-14-7-10-21(30(25,26)27)16(11-14)12-17-13-28-20-9-8-19(24)22(23(20)29-17)18-6-4-3-5-15(18)2/h3-11,17H,12-13H2,1-2H3,(H,25,26,27)/t17-/m1/s1. The van der Waals surface area contributed by atoms with Crippen molar-refractivity contribution in [3.63, 3.8) is 0 Å². The van der Waals surface area contributed by atoms with Gasteiger partial charge in [-0.25, -0.2) is 4.39 Å². The lowest BCUT2D eigenvalue weighted by atomic mass is 9.98. The molecule has 0 radical (unpaired) electrons. The third-order valence-electron chi connectivity index (χ3n) is 5.14. The zero-order valence-electron chi connectivity index (χ0n) is 16.6. The Morgan fingerprint density at radius 1 is 1.10 bits per heavy atom. The number of ether oxygens (including phenoxy) is 2. The van der Waals surface area contributed by atoms with Gasteiger partial charge in [-0.15, -0.1) is 0 Å². The molecule has 0 unspecified atom stereocenters. The predicted octanol–water partition coefficient (Wildman–Crippen LogP) is 4.74. The van der Waals surface area contributed by atoms with Crippen LogP contribution in [0.5, 0.6) is 11.5 Å². The van der Waals surface area contributed by atoms with Crippen LogP contribution >= 0.6 is 0 Å². The summed E-state index contributed by atoms with van der Waals surface area (Å²) in [4.78, 5) is -0.166. The van der Waals surface area contributed by atoms with E-state index in [4.69, 9.17) is 9.47 Å². The molecular weight excluding hydrogens is 407 g/mol. The molecule has 0 saturated carbocycles. The van der Waals surface area contributed by atoms with E-state index >= 15 is 0 Å². The largest absolute Gasteiger partial charge is 0.486 e. The molecule has 5 nitrogen and oxygen atoms in total. The van der Waals surface area contributed by atoms with Crippen LogP contribution in [0, 0.1) is 19.7 Å². The van der Waals surface area contributed by atoms with Crippen LogP contribution in [0.1, 0.15) is 16.7 Å². The van der Waals surface area contributed by atoms with Crippen molar-refractivity contribution in [2.24, 2.45) is 0 Å². The first-order valence-corrected chi connectivity index (χ1v) is 10.9. The van der Waals surface area contributed by atoms with Gasteiger partial charge in [-0.3, -0.25) is 4.55 Å². The number of benzene rings is 3. The van der Waals surface area contributed by atoms with Gasteiger partial charge in [0.15, 0.2) is 11.5 Å². The van der Waals surface area contributed by atoms with Crippen molar-refractivity contribution in [2.75, 3.05) is 6.61 Å². The molecule has 1 aliphatic rings. The molecule has 3 aromatic rings. The van der Waals surface area contributed by atoms with Crippen molar-refractivity contribution in [2.45, 2.75) is 31.3 Å². The molecule has 30 heavy (non-hydrogen) atoms. The van der Waals surface area contributed by atoms with Crippen LogP contribution in [0.2, 0.25) is 0 Å². The van der Waals surface area contributed by atoms with E-state index < -0.39 is 22.0 Å². The maximum atomic E-state index is 14.8. The van der Waals surface area contributed by atoms with Crippen LogP contribution in [0.3, 0.4) is 0 Å². The number of hydrogen-bond acceptors (Lipinski definition) is 4. The molecule has 1 N–H and O–H groups in total. The summed E-state index contributed by atoms with van der Waals surface area (Å²) in [5, 5.41) is 0. The first-order chi connectivity index (χ1) is 14.2. The van der Waals surface area contributed by atoms with Crippen LogP contribution in [0.4, 0.5) is 4.39 Å². The Hall–Kier alpha value is -2.90. The lowest BCUT2D eigenvalue weighted by Crippen LogP contribution is -2.32. The third kappa shape index (κ3) is 3.91. The molecule has 0 spiro atoms. The second kappa shape index (κ2) is 7.74. The lowest BCUT2D eigenvalue weighted by molar-refractivity contribution is 0.0911. The Kier molecular flexibility index (Phi) is 5.26. The summed E-state index contributed by atoms with van der Waals surface area (Å²) in [7, 11) is -4.38. The maximum absolute atomic E-state index is 14.8. The van der Waals surface area contributed by atoms with E-state index in [1.807, 2.05) is 38.1 Å². The minimum Gasteiger partial charge on any atom is -0.486 e. The number of hydrogen-bond donors (Lipinski definition) is 1. The molecule has 1 atom stereocenters. The molecule has 0 saturated heterocycles. The van der Waals surface area contributed by atoms with Crippen LogP contribution in [-0.2, 0) is 16.5 Å². The van der Waals surface area contributed by atoms with Crippen molar-refractivity contribution in [3.05, 3.63) is 77.1 Å². The first kappa shape index (κ1) is 20.4. The van der Waals surface area contributed by atoms with E-state index in [-0.39, 0.29) is 17.9 Å². The SMILES string of the molecule is Cc1ccc(S(=O)(=O)O)c(C[C@@H]2COc3ccc(F)c(-c4ccccc4C)c3O2)c1. The minimum atomic E-state index is -4.38. The molecule has 0 aliphatic carbocycles. The van der Waals surface area contributed by atoms with Gasteiger partial charge in [0.2, 0.25) is 0 Å². The van der Waals surface area contributed by atoms with Gasteiger partial charge >= 0.3 is 0 Å². The summed E-state index contributed by atoms with van der Waals surface area (Å²) >= 11 is 0. The van der Waals surface area contributed by atoms with E-state index in [9.17, 15) is 17.4 Å². The fourth-order valence-corrected chi connectivity index (χ4v) is 4.44. The molecule has 0 bridgehead atoms. The number of aryl methyl sites for hydroxylation is 2. The van der Waals surface area contributed by atoms with Gasteiger partial charge in [-0.05, 0) is 48.7 Å². The van der Waals surface area contributed by atoms with Crippen molar-refractivity contribution < 1.29 is 26.8 Å². The highest BCUT2D eigenvalue weighted by Gasteiger charge is 2.28. The van der Waals surface area contributed by atoms with Crippen LogP contribution in [0.25, 0.3) is 11.1 Å². The van der Waals surface area contributed by atoms with Gasteiger partial charge in [0.1, 0.15) is 18.5 Å². The van der Waals surface area contributed by atoms with E-state index in [1.54, 1.807) is 12.1 Å². The smallest absolute Gasteiger partial charge is 0.294 e. The molecule has 0 aromatic heterocycles. The summed E-state index contributed by atoms with van der Waals surface area (Å²) in [5.74, 6) is 0.299. The van der Waals surface area contributed by atoms with E-state index in [1.165, 1.54) is 18.2 Å². The average Bonchev–Trinajstić information content (AvgIpc) is 2.68. The van der Waals surface area contributed by atoms with Crippen molar-refractivity contribution >= 4 is 10.1 Å². The Morgan fingerprint density at radius 3 is 2.60 bits per heavy atom. The molecule has 4 rings (SSSR count). The third-order valence-corrected chi connectivity index (χ3v) is 6.09. The molecule has 0 amide bonds. The normalized spacial score (nSPS) is 15.8. The van der Waals surface area contributed by atoms with Gasteiger partial charge in [-0.1, -0.05) is 42.0 Å². The van der Waals surface area contributed by atoms with E-state index in [0.29, 0.717) is 28.2 Å². The van der Waals surface area contributed by atoms with Crippen molar-refractivity contribution in [1.82, 2.24) is 0 Å². The van der Waals surface area contributed by atoms with Crippen molar-refractivity contribution in [1.29, 1.82) is 0 Å². The van der Waals surface area contributed by atoms with Gasteiger partial charge in [0, 0.05) is 6.42 Å². The first-order valence-electron chi connectivity index (χ1n) is 9.49. The second-order valence-electron chi connectivity index (χ2n) is 7.41. The number of halogens is 1. The zero-order valence-corrected chi connectivity index (χ0v) is 17.4. The summed E-state index contributed by atoms with van der Waals surface area (Å²) in [6.45, 7) is 3.89. The van der Waals surface area contributed by atoms with Gasteiger partial charge in [0.05, 0.1) is 10.5 Å². The Bertz CT molecular complexity index is 1220. The van der Waals surface area contributed by atoms with Crippen LogP contribution in [-0.4, -0.2) is 25.7 Å². The highest BCUT2D eigenvalue weighted by Crippen LogP contribution is 2.44. The summed E-state index contributed by atoms with van der Waals surface area (Å²) in [5.41, 5.74) is 3.17. The van der Waals surface area contributed by atoms with Crippen LogP contribution < -0.4 is 9.47 Å². The van der Waals surface area contributed by atoms with E-state index in [0.717, 1.165) is 11.1 Å². The second-order valence-corrected chi connectivity index (χ2v) is 8.80. The molecule has 156 valence electrons.